The van der Waals surface area contributed by atoms with Crippen molar-refractivity contribution in [3.8, 4) is 0 Å². The predicted molar refractivity (Wildman–Crippen MR) is 102 cm³/mol. The largest absolute Gasteiger partial charge is 0.465 e. The smallest absolute Gasteiger partial charge is 0.309 e. The first-order valence-corrected chi connectivity index (χ1v) is 10.2. The van der Waals surface area contributed by atoms with Gasteiger partial charge in [-0.1, -0.05) is 79.6 Å². The number of rotatable bonds is 15. The summed E-state index contributed by atoms with van der Waals surface area (Å²) in [6, 6.07) is 0. The Bertz CT molecular complexity index is 350. The van der Waals surface area contributed by atoms with Gasteiger partial charge in [-0.3, -0.25) is 9.59 Å². The molecule has 0 aliphatic rings. The van der Waals surface area contributed by atoms with E-state index in [-0.39, 0.29) is 24.3 Å². The van der Waals surface area contributed by atoms with Crippen LogP contribution in [0.3, 0.4) is 0 Å². The molecule has 0 aromatic rings. The van der Waals surface area contributed by atoms with Crippen LogP contribution in [-0.2, 0) is 19.1 Å². The first kappa shape index (κ1) is 23.9. The van der Waals surface area contributed by atoms with E-state index < -0.39 is 0 Å². The van der Waals surface area contributed by atoms with E-state index in [9.17, 15) is 9.59 Å². The number of esters is 2. The van der Waals surface area contributed by atoms with E-state index in [4.69, 9.17) is 9.47 Å². The topological polar surface area (TPSA) is 52.6 Å². The van der Waals surface area contributed by atoms with Gasteiger partial charge >= 0.3 is 11.9 Å². The van der Waals surface area contributed by atoms with Gasteiger partial charge < -0.3 is 9.47 Å². The van der Waals surface area contributed by atoms with Crippen LogP contribution in [0.15, 0.2) is 0 Å². The summed E-state index contributed by atoms with van der Waals surface area (Å²) in [7, 11) is 0. The molecule has 0 aliphatic carbocycles. The number of carbonyl (C=O) groups excluding carboxylic acids is 2. The van der Waals surface area contributed by atoms with Crippen LogP contribution in [0.4, 0.5) is 0 Å². The third-order valence-electron chi connectivity index (χ3n) is 4.04. The Kier molecular flexibility index (Phi) is 14.6. The molecule has 0 heterocycles. The van der Waals surface area contributed by atoms with Crippen LogP contribution in [0.25, 0.3) is 0 Å². The van der Waals surface area contributed by atoms with Crippen LogP contribution in [-0.4, -0.2) is 25.2 Å². The molecule has 148 valence electrons. The Balaban J connectivity index is 4.27. The van der Waals surface area contributed by atoms with Crippen molar-refractivity contribution in [2.75, 3.05) is 13.2 Å². The molecule has 0 saturated carbocycles. The highest BCUT2D eigenvalue weighted by molar-refractivity contribution is 5.79. The maximum Gasteiger partial charge on any atom is 0.309 e. The number of hydrogen-bond acceptors (Lipinski definition) is 4. The average Bonchev–Trinajstić information content (AvgIpc) is 2.55. The standard InChI is InChI=1S/C21H40O4/c1-6-7-8-9-10-11-12-13-19(21(23)25-16-18(4)5)14-20(22)24-15-17(2)3/h17-19H,6-16H2,1-5H3. The fraction of sp³-hybridized carbons (Fsp3) is 0.905. The van der Waals surface area contributed by atoms with Gasteiger partial charge in [0.25, 0.3) is 0 Å². The summed E-state index contributed by atoms with van der Waals surface area (Å²) >= 11 is 0. The first-order chi connectivity index (χ1) is 11.9. The molecular weight excluding hydrogens is 316 g/mol. The number of hydrogen-bond donors (Lipinski definition) is 0. The molecule has 0 N–H and O–H groups in total. The minimum atomic E-state index is -0.367. The highest BCUT2D eigenvalue weighted by atomic mass is 16.5. The molecule has 0 spiro atoms. The van der Waals surface area contributed by atoms with Gasteiger partial charge in [-0.15, -0.1) is 0 Å². The van der Waals surface area contributed by atoms with Crippen LogP contribution in [0.1, 0.15) is 92.4 Å². The summed E-state index contributed by atoms with van der Waals surface area (Å²) in [6.45, 7) is 11.1. The molecule has 1 atom stereocenters. The SMILES string of the molecule is CCCCCCCCCC(CC(=O)OCC(C)C)C(=O)OCC(C)C. The zero-order valence-electron chi connectivity index (χ0n) is 17.1. The molecule has 0 saturated heterocycles. The Labute approximate surface area is 155 Å². The molecule has 0 radical (unpaired) electrons. The lowest BCUT2D eigenvalue weighted by molar-refractivity contribution is -0.156. The number of ether oxygens (including phenoxy) is 2. The first-order valence-electron chi connectivity index (χ1n) is 10.2. The third kappa shape index (κ3) is 14.9. The van der Waals surface area contributed by atoms with Crippen molar-refractivity contribution in [2.24, 2.45) is 17.8 Å². The number of carbonyl (C=O) groups is 2. The second kappa shape index (κ2) is 15.2. The monoisotopic (exact) mass is 356 g/mol. The fourth-order valence-electron chi connectivity index (χ4n) is 2.54. The van der Waals surface area contributed by atoms with E-state index in [0.717, 1.165) is 12.8 Å². The molecule has 0 aliphatic heterocycles. The van der Waals surface area contributed by atoms with E-state index in [2.05, 4.69) is 6.92 Å². The summed E-state index contributed by atoms with van der Waals surface area (Å²) in [5, 5.41) is 0. The van der Waals surface area contributed by atoms with E-state index in [0.29, 0.717) is 31.5 Å². The highest BCUT2D eigenvalue weighted by Crippen LogP contribution is 2.18. The molecule has 4 heteroatoms. The second-order valence-corrected chi connectivity index (χ2v) is 7.91. The van der Waals surface area contributed by atoms with Gasteiger partial charge in [0.15, 0.2) is 0 Å². The van der Waals surface area contributed by atoms with Crippen molar-refractivity contribution >= 4 is 11.9 Å². The predicted octanol–water partition coefficient (Wildman–Crippen LogP) is 5.53. The minimum absolute atomic E-state index is 0.138. The molecular formula is C21H40O4. The summed E-state index contributed by atoms with van der Waals surface area (Å²) < 4.78 is 10.6. The normalized spacial score (nSPS) is 12.4. The second-order valence-electron chi connectivity index (χ2n) is 7.91. The Morgan fingerprint density at radius 3 is 1.84 bits per heavy atom. The molecule has 0 amide bonds. The number of unbranched alkanes of at least 4 members (excludes halogenated alkanes) is 6. The zero-order valence-corrected chi connectivity index (χ0v) is 17.1. The molecule has 4 nitrogen and oxygen atoms in total. The third-order valence-corrected chi connectivity index (χ3v) is 4.04. The quantitative estimate of drug-likeness (QED) is 0.286. The lowest BCUT2D eigenvalue weighted by atomic mass is 9.97. The van der Waals surface area contributed by atoms with Crippen LogP contribution in [0.2, 0.25) is 0 Å². The molecule has 0 bridgehead atoms. The summed E-state index contributed by atoms with van der Waals surface area (Å²) in [5.41, 5.74) is 0. The van der Waals surface area contributed by atoms with Crippen molar-refractivity contribution in [1.82, 2.24) is 0 Å². The van der Waals surface area contributed by atoms with E-state index >= 15 is 0 Å². The van der Waals surface area contributed by atoms with Gasteiger partial charge in [-0.2, -0.15) is 0 Å². The van der Waals surface area contributed by atoms with Crippen LogP contribution < -0.4 is 0 Å². The summed E-state index contributed by atoms with van der Waals surface area (Å²) in [6.07, 6.45) is 9.22. The minimum Gasteiger partial charge on any atom is -0.465 e. The van der Waals surface area contributed by atoms with E-state index in [1.165, 1.54) is 32.1 Å². The summed E-state index contributed by atoms with van der Waals surface area (Å²) in [4.78, 5) is 24.3. The van der Waals surface area contributed by atoms with Crippen LogP contribution >= 0.6 is 0 Å². The molecule has 0 rings (SSSR count). The van der Waals surface area contributed by atoms with Crippen LogP contribution in [0, 0.1) is 17.8 Å². The molecule has 0 aromatic carbocycles. The van der Waals surface area contributed by atoms with Crippen molar-refractivity contribution < 1.29 is 19.1 Å². The highest BCUT2D eigenvalue weighted by Gasteiger charge is 2.24. The lowest BCUT2D eigenvalue weighted by Crippen LogP contribution is -2.24. The molecule has 25 heavy (non-hydrogen) atoms. The van der Waals surface area contributed by atoms with Crippen molar-refractivity contribution in [3.63, 3.8) is 0 Å². The maximum absolute atomic E-state index is 12.3. The Morgan fingerprint density at radius 1 is 0.760 bits per heavy atom. The lowest BCUT2D eigenvalue weighted by Gasteiger charge is -2.17. The fourth-order valence-corrected chi connectivity index (χ4v) is 2.54. The Hall–Kier alpha value is -1.06. The molecule has 0 fully saturated rings. The average molecular weight is 357 g/mol. The van der Waals surface area contributed by atoms with Crippen molar-refractivity contribution in [2.45, 2.75) is 92.4 Å². The van der Waals surface area contributed by atoms with Gasteiger partial charge in [0.1, 0.15) is 0 Å². The van der Waals surface area contributed by atoms with Gasteiger partial charge in [0.05, 0.1) is 25.6 Å². The zero-order chi connectivity index (χ0) is 19.1. The van der Waals surface area contributed by atoms with Gasteiger partial charge in [0, 0.05) is 0 Å². The van der Waals surface area contributed by atoms with Crippen molar-refractivity contribution in [3.05, 3.63) is 0 Å². The van der Waals surface area contributed by atoms with E-state index in [1.807, 2.05) is 27.7 Å². The van der Waals surface area contributed by atoms with Gasteiger partial charge in [-0.25, -0.2) is 0 Å². The molecule has 1 unspecified atom stereocenters. The summed E-state index contributed by atoms with van der Waals surface area (Å²) in [5.74, 6) is -0.298. The Morgan fingerprint density at radius 2 is 1.28 bits per heavy atom. The maximum atomic E-state index is 12.3. The van der Waals surface area contributed by atoms with Crippen LogP contribution in [0.5, 0.6) is 0 Å². The molecule has 0 aromatic heterocycles. The van der Waals surface area contributed by atoms with E-state index in [1.54, 1.807) is 0 Å². The van der Waals surface area contributed by atoms with Gasteiger partial charge in [0.2, 0.25) is 0 Å². The van der Waals surface area contributed by atoms with Gasteiger partial charge in [-0.05, 0) is 18.3 Å². The van der Waals surface area contributed by atoms with Crippen molar-refractivity contribution in [1.29, 1.82) is 0 Å².